The second kappa shape index (κ2) is 5.96. The minimum Gasteiger partial charge on any atom is -0.491 e. The third-order valence-corrected chi connectivity index (χ3v) is 2.91. The zero-order chi connectivity index (χ0) is 13.1. The first-order valence-corrected chi connectivity index (χ1v) is 6.86. The maximum absolute atomic E-state index is 6.05. The molecule has 0 aromatic heterocycles. The fourth-order valence-electron chi connectivity index (χ4n) is 1.34. The standard InChI is InChI=1S/C13H19BrClNO/c1-5-17-12-10(14)6-9(15)7-11(12)16-8-13(2,3)4/h6-7,16H,5,8H2,1-4H3. The fourth-order valence-corrected chi connectivity index (χ4v) is 2.27. The zero-order valence-corrected chi connectivity index (χ0v) is 13.1. The lowest BCUT2D eigenvalue weighted by Crippen LogP contribution is -2.19. The average molecular weight is 321 g/mol. The summed E-state index contributed by atoms with van der Waals surface area (Å²) in [6.45, 7) is 10.00. The summed E-state index contributed by atoms with van der Waals surface area (Å²) in [5.41, 5.74) is 1.14. The van der Waals surface area contributed by atoms with Crippen molar-refractivity contribution in [1.82, 2.24) is 0 Å². The smallest absolute Gasteiger partial charge is 0.156 e. The van der Waals surface area contributed by atoms with Gasteiger partial charge in [-0.15, -0.1) is 0 Å². The SMILES string of the molecule is CCOc1c(Br)cc(Cl)cc1NCC(C)(C)C. The maximum Gasteiger partial charge on any atom is 0.156 e. The molecule has 96 valence electrons. The minimum absolute atomic E-state index is 0.207. The van der Waals surface area contributed by atoms with Crippen LogP contribution >= 0.6 is 27.5 Å². The Morgan fingerprint density at radius 1 is 1.35 bits per heavy atom. The van der Waals surface area contributed by atoms with Gasteiger partial charge in [0.2, 0.25) is 0 Å². The Morgan fingerprint density at radius 3 is 2.53 bits per heavy atom. The number of rotatable bonds is 4. The predicted molar refractivity (Wildman–Crippen MR) is 78.3 cm³/mol. The van der Waals surface area contributed by atoms with E-state index >= 15 is 0 Å². The van der Waals surface area contributed by atoms with E-state index in [1.165, 1.54) is 0 Å². The summed E-state index contributed by atoms with van der Waals surface area (Å²) >= 11 is 9.52. The summed E-state index contributed by atoms with van der Waals surface area (Å²) in [5.74, 6) is 0.821. The molecule has 17 heavy (non-hydrogen) atoms. The summed E-state index contributed by atoms with van der Waals surface area (Å²) in [5, 5.41) is 4.07. The number of anilines is 1. The molecule has 1 rings (SSSR count). The number of hydrogen-bond donors (Lipinski definition) is 1. The summed E-state index contributed by atoms with van der Waals surface area (Å²) in [6.07, 6.45) is 0. The van der Waals surface area contributed by atoms with Crippen molar-refractivity contribution in [2.75, 3.05) is 18.5 Å². The number of ether oxygens (including phenoxy) is 1. The van der Waals surface area contributed by atoms with Gasteiger partial charge in [0.15, 0.2) is 5.75 Å². The van der Waals surface area contributed by atoms with Gasteiger partial charge < -0.3 is 10.1 Å². The third-order valence-electron chi connectivity index (χ3n) is 2.11. The highest BCUT2D eigenvalue weighted by Gasteiger charge is 2.14. The van der Waals surface area contributed by atoms with Crippen LogP contribution in [0.1, 0.15) is 27.7 Å². The highest BCUT2D eigenvalue weighted by molar-refractivity contribution is 9.10. The van der Waals surface area contributed by atoms with E-state index in [-0.39, 0.29) is 5.41 Å². The summed E-state index contributed by atoms with van der Waals surface area (Å²) in [6, 6.07) is 3.73. The molecule has 0 aliphatic rings. The maximum atomic E-state index is 6.05. The molecule has 0 saturated carbocycles. The Hall–Kier alpha value is -0.410. The molecule has 1 aromatic carbocycles. The molecule has 2 nitrogen and oxygen atoms in total. The van der Waals surface area contributed by atoms with Gasteiger partial charge in [-0.1, -0.05) is 32.4 Å². The van der Waals surface area contributed by atoms with E-state index in [4.69, 9.17) is 16.3 Å². The van der Waals surface area contributed by atoms with Crippen molar-refractivity contribution >= 4 is 33.2 Å². The highest BCUT2D eigenvalue weighted by atomic mass is 79.9. The molecule has 1 N–H and O–H groups in total. The van der Waals surface area contributed by atoms with Crippen LogP contribution in [0.15, 0.2) is 16.6 Å². The van der Waals surface area contributed by atoms with Gasteiger partial charge in [0.05, 0.1) is 16.8 Å². The highest BCUT2D eigenvalue weighted by Crippen LogP contribution is 2.37. The number of halogens is 2. The summed E-state index contributed by atoms with van der Waals surface area (Å²) < 4.78 is 6.50. The largest absolute Gasteiger partial charge is 0.491 e. The van der Waals surface area contributed by atoms with Crippen LogP contribution in [0.5, 0.6) is 5.75 Å². The molecule has 0 bridgehead atoms. The molecule has 0 aliphatic heterocycles. The lowest BCUT2D eigenvalue weighted by molar-refractivity contribution is 0.339. The molecule has 0 radical (unpaired) electrons. The molecule has 0 saturated heterocycles. The molecular weight excluding hydrogens is 302 g/mol. The Balaban J connectivity index is 2.95. The molecule has 0 unspecified atom stereocenters. The average Bonchev–Trinajstić information content (AvgIpc) is 2.18. The normalized spacial score (nSPS) is 11.4. The van der Waals surface area contributed by atoms with Gasteiger partial charge in [0.1, 0.15) is 0 Å². The molecule has 0 amide bonds. The van der Waals surface area contributed by atoms with Crippen LogP contribution in [0.3, 0.4) is 0 Å². The van der Waals surface area contributed by atoms with Gasteiger partial charge in [-0.25, -0.2) is 0 Å². The molecular formula is C13H19BrClNO. The van der Waals surface area contributed by atoms with Gasteiger partial charge in [-0.05, 0) is 40.4 Å². The van der Waals surface area contributed by atoms with E-state index in [0.29, 0.717) is 11.6 Å². The molecule has 0 atom stereocenters. The lowest BCUT2D eigenvalue weighted by atomic mass is 9.97. The monoisotopic (exact) mass is 319 g/mol. The Bertz CT molecular complexity index is 388. The minimum atomic E-state index is 0.207. The van der Waals surface area contributed by atoms with Crippen LogP contribution in [0.2, 0.25) is 5.02 Å². The van der Waals surface area contributed by atoms with E-state index < -0.39 is 0 Å². The number of hydrogen-bond acceptors (Lipinski definition) is 2. The summed E-state index contributed by atoms with van der Waals surface area (Å²) in [7, 11) is 0. The van der Waals surface area contributed by atoms with Crippen LogP contribution in [0, 0.1) is 5.41 Å². The van der Waals surface area contributed by atoms with Gasteiger partial charge in [-0.3, -0.25) is 0 Å². The predicted octanol–water partition coefficient (Wildman–Crippen LogP) is 4.96. The van der Waals surface area contributed by atoms with Crippen LogP contribution < -0.4 is 10.1 Å². The van der Waals surface area contributed by atoms with E-state index in [1.807, 2.05) is 19.1 Å². The Morgan fingerprint density at radius 2 is 2.00 bits per heavy atom. The molecule has 0 heterocycles. The van der Waals surface area contributed by atoms with Crippen molar-refractivity contribution in [1.29, 1.82) is 0 Å². The first-order chi connectivity index (χ1) is 7.83. The van der Waals surface area contributed by atoms with Crippen LogP contribution in [0.4, 0.5) is 5.69 Å². The first kappa shape index (κ1) is 14.7. The van der Waals surface area contributed by atoms with Gasteiger partial charge in [0, 0.05) is 11.6 Å². The van der Waals surface area contributed by atoms with Crippen LogP contribution in [0.25, 0.3) is 0 Å². The lowest BCUT2D eigenvalue weighted by Gasteiger charge is -2.21. The quantitative estimate of drug-likeness (QED) is 0.846. The number of nitrogens with one attached hydrogen (secondary N) is 1. The van der Waals surface area contributed by atoms with E-state index in [0.717, 1.165) is 22.5 Å². The molecule has 4 heteroatoms. The summed E-state index contributed by atoms with van der Waals surface area (Å²) in [4.78, 5) is 0. The van der Waals surface area contributed by atoms with Crippen molar-refractivity contribution in [3.05, 3.63) is 21.6 Å². The Labute approximate surface area is 117 Å². The second-order valence-electron chi connectivity index (χ2n) is 5.11. The third kappa shape index (κ3) is 4.76. The Kier molecular flexibility index (Phi) is 5.14. The van der Waals surface area contributed by atoms with Crippen LogP contribution in [-0.4, -0.2) is 13.2 Å². The molecule has 0 spiro atoms. The van der Waals surface area contributed by atoms with Crippen LogP contribution in [-0.2, 0) is 0 Å². The fraction of sp³-hybridized carbons (Fsp3) is 0.538. The molecule has 0 aliphatic carbocycles. The van der Waals surface area contributed by atoms with Gasteiger partial charge >= 0.3 is 0 Å². The van der Waals surface area contributed by atoms with Gasteiger partial charge in [-0.2, -0.15) is 0 Å². The van der Waals surface area contributed by atoms with Crippen molar-refractivity contribution in [3.8, 4) is 5.75 Å². The van der Waals surface area contributed by atoms with Gasteiger partial charge in [0.25, 0.3) is 0 Å². The molecule has 1 aromatic rings. The van der Waals surface area contributed by atoms with Crippen molar-refractivity contribution in [2.45, 2.75) is 27.7 Å². The van der Waals surface area contributed by atoms with Crippen molar-refractivity contribution in [2.24, 2.45) is 5.41 Å². The van der Waals surface area contributed by atoms with Crippen molar-refractivity contribution < 1.29 is 4.74 Å². The number of benzene rings is 1. The zero-order valence-electron chi connectivity index (χ0n) is 10.7. The van der Waals surface area contributed by atoms with Crippen molar-refractivity contribution in [3.63, 3.8) is 0 Å². The van der Waals surface area contributed by atoms with E-state index in [9.17, 15) is 0 Å². The first-order valence-electron chi connectivity index (χ1n) is 5.69. The van der Waals surface area contributed by atoms with E-state index in [1.54, 1.807) is 0 Å². The topological polar surface area (TPSA) is 21.3 Å². The van der Waals surface area contributed by atoms with E-state index in [2.05, 4.69) is 42.0 Å². The molecule has 0 fully saturated rings. The second-order valence-corrected chi connectivity index (χ2v) is 6.40.